The smallest absolute Gasteiger partial charge is 0.430 e. The van der Waals surface area contributed by atoms with E-state index in [2.05, 4.69) is 58.9 Å². The fourth-order valence-corrected chi connectivity index (χ4v) is 12.8. The number of aliphatic hydroxyl groups is 2. The first kappa shape index (κ1) is 114. The third kappa shape index (κ3) is 27.2. The standard InChI is InChI=1S/C17H25F3O2.C14H16F6.C14H22O.2C13H14F6O.C10H17F3O2.4CH4/c1-4-15(2,17(18,19)20)14(21)22-16(3)12-6-10-5-11(8-12)9-13(16)7-10;1-4-9(2)10-5-7-11(8-6-10)12(3,13(15,16)17)14(18,19)20;1-6-11(2)12-7-9-13(10-8-12)15-14(3,4)5;2*1-3-8(2)9-4-6-10(7-5-9)11(20,12(14,15)16)13(17,18)19;1-6-9(5,10(11,12)13)7(14)15-8(2,3)4;;;;/h10-13H,4-9H2,1-3H3;5-9H,4H2,1-3H3;7-11H,6H2,1-5H3;2*4-8,20H,3H2,1-2H3;6H2,1-5H3;4*1H4. The summed E-state index contributed by atoms with van der Waals surface area (Å²) in [7, 11) is 0. The molecule has 0 amide bonds. The van der Waals surface area contributed by atoms with E-state index >= 15 is 0 Å². The van der Waals surface area contributed by atoms with Gasteiger partial charge in [0.25, 0.3) is 11.2 Å². The number of hydrogen-bond acceptors (Lipinski definition) is 7. The lowest BCUT2D eigenvalue weighted by molar-refractivity contribution is -0.376. The molecule has 8 rings (SSSR count). The number of benzene rings is 4. The summed E-state index contributed by atoms with van der Waals surface area (Å²) in [5, 5.41) is 18.4. The summed E-state index contributed by atoms with van der Waals surface area (Å²) in [5.74, 6) is 1.24. The Bertz CT molecular complexity index is 3260. The molecule has 6 atom stereocenters. The van der Waals surface area contributed by atoms with Gasteiger partial charge in [0.2, 0.25) is 0 Å². The molecule has 0 spiro atoms. The Morgan fingerprint density at radius 2 is 0.603 bits per heavy atom. The molecular formula is C85H124F24O7. The number of hydrogen-bond donors (Lipinski definition) is 2. The molecular weight excluding hydrogens is 1590 g/mol. The first-order chi connectivity index (χ1) is 50.3. The van der Waals surface area contributed by atoms with Gasteiger partial charge in [-0.2, -0.15) is 105 Å². The number of halogens is 24. The molecule has 31 heteroatoms. The summed E-state index contributed by atoms with van der Waals surface area (Å²) in [6.07, 6.45) is -35.3. The van der Waals surface area contributed by atoms with Crippen LogP contribution in [0.4, 0.5) is 105 Å². The van der Waals surface area contributed by atoms with E-state index in [1.165, 1.54) is 89.4 Å². The first-order valence-corrected chi connectivity index (χ1v) is 36.9. The maximum atomic E-state index is 13.3. The van der Waals surface area contributed by atoms with Gasteiger partial charge in [-0.1, -0.05) is 184 Å². The van der Waals surface area contributed by atoms with Crippen LogP contribution in [0.15, 0.2) is 97.1 Å². The van der Waals surface area contributed by atoms with Crippen molar-refractivity contribution in [2.75, 3.05) is 0 Å². The number of esters is 2. The van der Waals surface area contributed by atoms with Crippen molar-refractivity contribution in [2.45, 2.75) is 345 Å². The van der Waals surface area contributed by atoms with Gasteiger partial charge in [0.1, 0.15) is 22.6 Å². The molecule has 0 aliphatic heterocycles. The second-order valence-corrected chi connectivity index (χ2v) is 32.2. The van der Waals surface area contributed by atoms with Crippen molar-refractivity contribution in [3.63, 3.8) is 0 Å². The third-order valence-corrected chi connectivity index (χ3v) is 22.0. The van der Waals surface area contributed by atoms with E-state index in [1.807, 2.05) is 34.6 Å². The molecule has 4 aliphatic carbocycles. The van der Waals surface area contributed by atoms with Gasteiger partial charge in [-0.05, 0) is 227 Å². The second-order valence-electron chi connectivity index (χ2n) is 32.2. The van der Waals surface area contributed by atoms with Gasteiger partial charge < -0.3 is 24.4 Å². The van der Waals surface area contributed by atoms with E-state index in [-0.39, 0.29) is 84.7 Å². The Morgan fingerprint density at radius 1 is 0.362 bits per heavy atom. The number of alkyl halides is 24. The van der Waals surface area contributed by atoms with Gasteiger partial charge in [0.05, 0.1) is 0 Å². The Kier molecular flexibility index (Phi) is 41.2. The van der Waals surface area contributed by atoms with Crippen LogP contribution in [0.1, 0.15) is 301 Å². The minimum atomic E-state index is -5.84. The zero-order valence-electron chi connectivity index (χ0n) is 66.6. The van der Waals surface area contributed by atoms with E-state index in [4.69, 9.17) is 14.2 Å². The Morgan fingerprint density at radius 3 is 0.810 bits per heavy atom. The highest BCUT2D eigenvalue weighted by Crippen LogP contribution is 2.61. The molecule has 4 bridgehead atoms. The molecule has 4 fully saturated rings. The number of rotatable bonds is 17. The van der Waals surface area contributed by atoms with Crippen molar-refractivity contribution in [1.82, 2.24) is 0 Å². The Labute approximate surface area is 670 Å². The van der Waals surface area contributed by atoms with Crippen molar-refractivity contribution in [2.24, 2.45) is 34.5 Å². The first-order valence-electron chi connectivity index (χ1n) is 36.9. The van der Waals surface area contributed by atoms with Gasteiger partial charge in [-0.3, -0.25) is 9.59 Å². The molecule has 0 aromatic heterocycles. The van der Waals surface area contributed by atoms with Crippen LogP contribution in [0.2, 0.25) is 0 Å². The van der Waals surface area contributed by atoms with Crippen LogP contribution in [-0.2, 0) is 35.7 Å². The molecule has 0 radical (unpaired) electrons. The largest absolute Gasteiger partial charge is 0.488 e. The predicted octanol–water partition coefficient (Wildman–Crippen LogP) is 29.6. The van der Waals surface area contributed by atoms with Crippen LogP contribution >= 0.6 is 0 Å². The summed E-state index contributed by atoms with van der Waals surface area (Å²) in [5.41, 5.74) is -20.0. The van der Waals surface area contributed by atoms with E-state index in [0.717, 1.165) is 69.4 Å². The molecule has 116 heavy (non-hydrogen) atoms. The summed E-state index contributed by atoms with van der Waals surface area (Å²) >= 11 is 0. The lowest BCUT2D eigenvalue weighted by Gasteiger charge is -2.59. The van der Waals surface area contributed by atoms with Crippen LogP contribution in [0.25, 0.3) is 0 Å². The van der Waals surface area contributed by atoms with Crippen molar-refractivity contribution in [1.29, 1.82) is 0 Å². The Hall–Kier alpha value is -6.14. The minimum Gasteiger partial charge on any atom is -0.488 e. The molecule has 674 valence electrons. The van der Waals surface area contributed by atoms with Gasteiger partial charge >= 0.3 is 61.3 Å². The third-order valence-electron chi connectivity index (χ3n) is 22.0. The highest BCUT2D eigenvalue weighted by atomic mass is 19.4. The lowest BCUT2D eigenvalue weighted by atomic mass is 9.50. The summed E-state index contributed by atoms with van der Waals surface area (Å²) in [4.78, 5) is 23.8. The van der Waals surface area contributed by atoms with Gasteiger partial charge in [0, 0.05) is 11.1 Å². The lowest BCUT2D eigenvalue weighted by Crippen LogP contribution is -2.59. The second kappa shape index (κ2) is 41.9. The number of ether oxygens (including phenoxy) is 3. The average molecular weight is 1710 g/mol. The summed E-state index contributed by atoms with van der Waals surface area (Å²) in [6, 6.07) is 20.3. The summed E-state index contributed by atoms with van der Waals surface area (Å²) < 4.78 is 323. The van der Waals surface area contributed by atoms with Crippen LogP contribution in [0.3, 0.4) is 0 Å². The minimum absolute atomic E-state index is 0. The van der Waals surface area contributed by atoms with E-state index < -0.39 is 117 Å². The average Bonchev–Trinajstić information content (AvgIpc) is 0.740. The van der Waals surface area contributed by atoms with Crippen LogP contribution in [-0.4, -0.2) is 88.4 Å². The quantitative estimate of drug-likeness (QED) is 0.0802. The fraction of sp³-hybridized carbons (Fsp3) is 0.694. The van der Waals surface area contributed by atoms with E-state index in [1.54, 1.807) is 13.8 Å². The molecule has 4 aromatic carbocycles. The molecule has 2 N–H and O–H groups in total. The number of carbonyl (C=O) groups is 2. The fourth-order valence-electron chi connectivity index (χ4n) is 12.8. The van der Waals surface area contributed by atoms with Crippen molar-refractivity contribution < 1.29 is 139 Å². The normalized spacial score (nSPS) is 20.0. The highest BCUT2D eigenvalue weighted by molar-refractivity contribution is 5.78. The molecule has 4 aromatic rings. The molecule has 6 unspecified atom stereocenters. The molecule has 4 aliphatic rings. The van der Waals surface area contributed by atoms with Gasteiger partial charge in [-0.15, -0.1) is 0 Å². The topological polar surface area (TPSA) is 102 Å². The van der Waals surface area contributed by atoms with Crippen molar-refractivity contribution >= 4 is 11.9 Å². The van der Waals surface area contributed by atoms with Crippen molar-refractivity contribution in [3.05, 3.63) is 136 Å². The maximum absolute atomic E-state index is 13.3. The SMILES string of the molecule is C.C.C.C.CCC(C)(C(=O)OC(C)(C)C)C(F)(F)F.CCC(C)(C(=O)OC1(C)C2CC3CC(C2)CC1C3)C(F)(F)F.CCC(C)c1ccc(C(C)(C(F)(F)F)C(F)(F)F)cc1.CCC(C)c1ccc(C(O)(C(F)(F)F)C(F)(F)F)cc1.CCC(C)c1ccc(C(O)(C(F)(F)F)C(F)(F)F)cc1.CCC(C)c1ccc(OC(C)(C)C)cc1. The van der Waals surface area contributed by atoms with E-state index in [9.17, 15) is 125 Å². The van der Waals surface area contributed by atoms with Crippen molar-refractivity contribution in [3.8, 4) is 5.75 Å². The zero-order chi connectivity index (χ0) is 87.6. The number of carbonyl (C=O) groups excluding carboxylic acids is 2. The molecule has 0 heterocycles. The van der Waals surface area contributed by atoms with Crippen LogP contribution in [0.5, 0.6) is 5.75 Å². The maximum Gasteiger partial charge on any atom is 0.430 e. The monoisotopic (exact) mass is 1710 g/mol. The van der Waals surface area contributed by atoms with Gasteiger partial charge in [-0.25, -0.2) is 0 Å². The Balaban J connectivity index is -0.00000132. The summed E-state index contributed by atoms with van der Waals surface area (Å²) in [6.45, 7) is 32.9. The molecule has 0 saturated heterocycles. The molecule has 7 nitrogen and oxygen atoms in total. The highest BCUT2D eigenvalue weighted by Gasteiger charge is 2.73. The molecule has 4 saturated carbocycles. The van der Waals surface area contributed by atoms with Crippen LogP contribution < -0.4 is 4.74 Å². The van der Waals surface area contributed by atoms with E-state index in [0.29, 0.717) is 66.0 Å². The van der Waals surface area contributed by atoms with Gasteiger partial charge in [0.15, 0.2) is 16.2 Å². The predicted molar refractivity (Wildman–Crippen MR) is 406 cm³/mol. The zero-order valence-corrected chi connectivity index (χ0v) is 66.6. The van der Waals surface area contributed by atoms with Crippen LogP contribution in [0, 0.1) is 34.5 Å².